The second-order valence-corrected chi connectivity index (χ2v) is 4.97. The second kappa shape index (κ2) is 5.62. The largest absolute Gasteiger partial charge is 0.494 e. The molecule has 1 saturated heterocycles. The lowest BCUT2D eigenvalue weighted by Gasteiger charge is -2.11. The minimum atomic E-state index is -0.567. The topological polar surface area (TPSA) is 85.8 Å². The van der Waals surface area contributed by atoms with Crippen molar-refractivity contribution < 1.29 is 9.84 Å². The van der Waals surface area contributed by atoms with E-state index in [0.717, 1.165) is 28.6 Å². The Bertz CT molecular complexity index is 651. The summed E-state index contributed by atoms with van der Waals surface area (Å²) in [5.74, 6) is -0.355. The molecule has 2 rings (SSSR count). The first-order valence-corrected chi connectivity index (χ1v) is 6.55. The molecule has 1 aromatic rings. The van der Waals surface area contributed by atoms with E-state index in [1.54, 1.807) is 6.92 Å². The Balaban J connectivity index is 2.39. The highest BCUT2D eigenvalue weighted by atomic mass is 16.5. The van der Waals surface area contributed by atoms with Crippen molar-refractivity contribution in [2.24, 2.45) is 19.1 Å². The maximum Gasteiger partial charge on any atom is 0.333 e. The van der Waals surface area contributed by atoms with Gasteiger partial charge in [0.15, 0.2) is 0 Å². The van der Waals surface area contributed by atoms with E-state index in [9.17, 15) is 14.7 Å². The third-order valence-corrected chi connectivity index (χ3v) is 3.55. The van der Waals surface area contributed by atoms with Gasteiger partial charge in [0.2, 0.25) is 5.88 Å². The highest BCUT2D eigenvalue weighted by Crippen LogP contribution is 2.14. The van der Waals surface area contributed by atoms with Crippen molar-refractivity contribution in [3.8, 4) is 5.88 Å². The zero-order chi connectivity index (χ0) is 14.9. The molecule has 0 aromatic carbocycles. The number of hydrogen-bond acceptors (Lipinski definition) is 5. The smallest absolute Gasteiger partial charge is 0.333 e. The van der Waals surface area contributed by atoms with Crippen LogP contribution in [-0.2, 0) is 18.8 Å². The molecule has 110 valence electrons. The number of ether oxygens (including phenoxy) is 1. The normalized spacial score (nSPS) is 19.6. The van der Waals surface area contributed by atoms with Gasteiger partial charge in [0.25, 0.3) is 5.56 Å². The average Bonchev–Trinajstić information content (AvgIpc) is 2.94. The molecule has 20 heavy (non-hydrogen) atoms. The summed E-state index contributed by atoms with van der Waals surface area (Å²) in [5, 5.41) is 9.98. The molecule has 0 amide bonds. The van der Waals surface area contributed by atoms with Crippen molar-refractivity contribution >= 4 is 5.71 Å². The predicted octanol–water partition coefficient (Wildman–Crippen LogP) is -0.222. The first-order valence-electron chi connectivity index (χ1n) is 6.55. The molecule has 1 unspecified atom stereocenters. The summed E-state index contributed by atoms with van der Waals surface area (Å²) in [6.45, 7) is 2.85. The Morgan fingerprint density at radius 1 is 1.40 bits per heavy atom. The van der Waals surface area contributed by atoms with Crippen LogP contribution in [0.1, 0.15) is 25.3 Å². The molecule has 1 aliphatic heterocycles. The van der Waals surface area contributed by atoms with E-state index in [-0.39, 0.29) is 17.5 Å². The van der Waals surface area contributed by atoms with E-state index in [4.69, 9.17) is 4.74 Å². The SMILES string of the molecule is CC(=NCC1CCCO1)c1c(O)n(C)c(=O)n(C)c1=O. The van der Waals surface area contributed by atoms with Crippen molar-refractivity contribution in [2.75, 3.05) is 13.2 Å². The van der Waals surface area contributed by atoms with Crippen LogP contribution in [0.2, 0.25) is 0 Å². The van der Waals surface area contributed by atoms with Gasteiger partial charge in [-0.3, -0.25) is 18.9 Å². The zero-order valence-electron chi connectivity index (χ0n) is 11.9. The van der Waals surface area contributed by atoms with Crippen LogP contribution in [0.25, 0.3) is 0 Å². The van der Waals surface area contributed by atoms with Crippen LogP contribution >= 0.6 is 0 Å². The van der Waals surface area contributed by atoms with Crippen molar-refractivity contribution in [1.29, 1.82) is 0 Å². The molecule has 1 aliphatic rings. The lowest BCUT2D eigenvalue weighted by Crippen LogP contribution is -2.39. The maximum absolute atomic E-state index is 12.1. The standard InChI is InChI=1S/C13H19N3O4/c1-8(14-7-9-5-4-6-20-9)10-11(17)15(2)13(19)16(3)12(10)18/h9,17H,4-7H2,1-3H3. The van der Waals surface area contributed by atoms with Gasteiger partial charge in [0.05, 0.1) is 18.4 Å². The quantitative estimate of drug-likeness (QED) is 0.776. The first-order chi connectivity index (χ1) is 9.43. The van der Waals surface area contributed by atoms with Crippen LogP contribution in [-0.4, -0.2) is 39.2 Å². The molecule has 7 nitrogen and oxygen atoms in total. The molecule has 1 atom stereocenters. The van der Waals surface area contributed by atoms with Crippen LogP contribution in [0, 0.1) is 0 Å². The van der Waals surface area contributed by atoms with Crippen molar-refractivity contribution in [3.63, 3.8) is 0 Å². The van der Waals surface area contributed by atoms with Gasteiger partial charge in [-0.25, -0.2) is 4.79 Å². The van der Waals surface area contributed by atoms with Gasteiger partial charge in [-0.1, -0.05) is 0 Å². The number of hydrogen-bond donors (Lipinski definition) is 1. The lowest BCUT2D eigenvalue weighted by atomic mass is 10.2. The average molecular weight is 281 g/mol. The fraction of sp³-hybridized carbons (Fsp3) is 0.615. The van der Waals surface area contributed by atoms with Gasteiger partial charge >= 0.3 is 5.69 Å². The fourth-order valence-electron chi connectivity index (χ4n) is 2.26. The first kappa shape index (κ1) is 14.5. The highest BCUT2D eigenvalue weighted by molar-refractivity contribution is 6.00. The Labute approximate surface area is 116 Å². The summed E-state index contributed by atoms with van der Waals surface area (Å²) in [7, 11) is 2.79. The van der Waals surface area contributed by atoms with Crippen LogP contribution in [0.5, 0.6) is 5.88 Å². The van der Waals surface area contributed by atoms with Gasteiger partial charge < -0.3 is 9.84 Å². The third-order valence-electron chi connectivity index (χ3n) is 3.55. The summed E-state index contributed by atoms with van der Waals surface area (Å²) < 4.78 is 7.45. The van der Waals surface area contributed by atoms with Crippen molar-refractivity contribution in [1.82, 2.24) is 9.13 Å². The van der Waals surface area contributed by atoms with E-state index in [1.807, 2.05) is 0 Å². The lowest BCUT2D eigenvalue weighted by molar-refractivity contribution is 0.118. The minimum absolute atomic E-state index is 0.0626. The molecule has 1 fully saturated rings. The second-order valence-electron chi connectivity index (χ2n) is 4.97. The Morgan fingerprint density at radius 3 is 2.70 bits per heavy atom. The zero-order valence-corrected chi connectivity index (χ0v) is 11.9. The van der Waals surface area contributed by atoms with Gasteiger partial charge in [-0.2, -0.15) is 0 Å². The molecule has 0 aliphatic carbocycles. The van der Waals surface area contributed by atoms with E-state index < -0.39 is 11.2 Å². The molecular weight excluding hydrogens is 262 g/mol. The molecule has 0 saturated carbocycles. The number of rotatable bonds is 3. The maximum atomic E-state index is 12.1. The third kappa shape index (κ3) is 2.53. The Morgan fingerprint density at radius 2 is 2.10 bits per heavy atom. The number of aromatic hydroxyl groups is 1. The van der Waals surface area contributed by atoms with Crippen LogP contribution < -0.4 is 11.2 Å². The van der Waals surface area contributed by atoms with Crippen LogP contribution in [0.4, 0.5) is 0 Å². The predicted molar refractivity (Wildman–Crippen MR) is 74.6 cm³/mol. The van der Waals surface area contributed by atoms with E-state index in [2.05, 4.69) is 4.99 Å². The molecule has 1 N–H and O–H groups in total. The number of nitrogens with zero attached hydrogens (tertiary/aromatic N) is 3. The Hall–Kier alpha value is -1.89. The summed E-state index contributed by atoms with van der Waals surface area (Å²) >= 11 is 0. The summed E-state index contributed by atoms with van der Waals surface area (Å²) in [5.41, 5.74) is -0.635. The van der Waals surface area contributed by atoms with Gasteiger partial charge in [-0.15, -0.1) is 0 Å². The number of aliphatic imine (C=N–C) groups is 1. The molecule has 0 radical (unpaired) electrons. The minimum Gasteiger partial charge on any atom is -0.494 e. The molecule has 7 heteroatoms. The highest BCUT2D eigenvalue weighted by Gasteiger charge is 2.19. The summed E-state index contributed by atoms with van der Waals surface area (Å²) in [4.78, 5) is 28.0. The van der Waals surface area contributed by atoms with Crippen LogP contribution in [0.3, 0.4) is 0 Å². The molecule has 2 heterocycles. The molecule has 0 bridgehead atoms. The fourth-order valence-corrected chi connectivity index (χ4v) is 2.26. The van der Waals surface area contributed by atoms with Gasteiger partial charge in [0.1, 0.15) is 5.56 Å². The van der Waals surface area contributed by atoms with E-state index >= 15 is 0 Å². The number of aromatic nitrogens is 2. The monoisotopic (exact) mass is 281 g/mol. The molecule has 1 aromatic heterocycles. The Kier molecular flexibility index (Phi) is 4.08. The molecular formula is C13H19N3O4. The summed E-state index contributed by atoms with van der Waals surface area (Å²) in [6, 6.07) is 0. The summed E-state index contributed by atoms with van der Waals surface area (Å²) in [6.07, 6.45) is 2.05. The van der Waals surface area contributed by atoms with E-state index in [1.165, 1.54) is 14.1 Å². The van der Waals surface area contributed by atoms with Crippen LogP contribution in [0.15, 0.2) is 14.6 Å². The van der Waals surface area contributed by atoms with Gasteiger partial charge in [0, 0.05) is 20.7 Å². The molecule has 0 spiro atoms. The van der Waals surface area contributed by atoms with Crippen molar-refractivity contribution in [2.45, 2.75) is 25.9 Å². The van der Waals surface area contributed by atoms with Crippen molar-refractivity contribution in [3.05, 3.63) is 26.4 Å². The van der Waals surface area contributed by atoms with E-state index in [0.29, 0.717) is 12.3 Å². The van der Waals surface area contributed by atoms with Gasteiger partial charge in [-0.05, 0) is 19.8 Å².